The number of imidazole rings is 1. The highest BCUT2D eigenvalue weighted by Gasteiger charge is 2.25. The molecule has 0 fully saturated rings. The molecule has 0 radical (unpaired) electrons. The molecule has 2 aromatic heterocycles. The van der Waals surface area contributed by atoms with Gasteiger partial charge in [0.2, 0.25) is 0 Å². The first-order chi connectivity index (χ1) is 9.29. The molecule has 0 amide bonds. The number of thiazole rings is 1. The second kappa shape index (κ2) is 5.43. The Labute approximate surface area is 117 Å². The van der Waals surface area contributed by atoms with Gasteiger partial charge in [0.1, 0.15) is 0 Å². The minimum atomic E-state index is 0.439. The van der Waals surface area contributed by atoms with Crippen LogP contribution in [0.3, 0.4) is 0 Å². The Hall–Kier alpha value is -1.20. The van der Waals surface area contributed by atoms with Crippen molar-refractivity contribution in [3.8, 4) is 10.8 Å². The van der Waals surface area contributed by atoms with E-state index in [2.05, 4.69) is 17.2 Å². The molecule has 5 heteroatoms. The maximum atomic E-state index is 4.86. The summed E-state index contributed by atoms with van der Waals surface area (Å²) in [5, 5.41) is 4.68. The lowest BCUT2D eigenvalue weighted by molar-refractivity contribution is 0.454. The van der Waals surface area contributed by atoms with Crippen LogP contribution in [0.25, 0.3) is 10.8 Å². The maximum Gasteiger partial charge on any atom is 0.168 e. The molecule has 19 heavy (non-hydrogen) atoms. The van der Waals surface area contributed by atoms with Gasteiger partial charge < -0.3 is 9.88 Å². The number of aryl methyl sites for hydroxylation is 2. The second-order valence-electron chi connectivity index (χ2n) is 5.09. The first-order valence-electron chi connectivity index (χ1n) is 7.00. The van der Waals surface area contributed by atoms with Gasteiger partial charge in [-0.15, -0.1) is 11.3 Å². The highest BCUT2D eigenvalue weighted by molar-refractivity contribution is 7.15. The van der Waals surface area contributed by atoms with Crippen LogP contribution in [0.1, 0.15) is 42.8 Å². The van der Waals surface area contributed by atoms with Crippen molar-refractivity contribution in [2.24, 2.45) is 7.05 Å². The zero-order valence-corrected chi connectivity index (χ0v) is 12.3. The number of aromatic nitrogens is 3. The third kappa shape index (κ3) is 2.44. The molecule has 102 valence electrons. The van der Waals surface area contributed by atoms with Crippen LogP contribution in [0.4, 0.5) is 0 Å². The molecule has 0 saturated heterocycles. The highest BCUT2D eigenvalue weighted by atomic mass is 32.1. The summed E-state index contributed by atoms with van der Waals surface area (Å²) < 4.78 is 2.04. The van der Waals surface area contributed by atoms with E-state index in [1.54, 1.807) is 0 Å². The number of fused-ring (bicyclic) bond motifs is 1. The molecular formula is C14H20N4S. The summed E-state index contributed by atoms with van der Waals surface area (Å²) in [4.78, 5) is 10.7. The Morgan fingerprint density at radius 1 is 1.53 bits per heavy atom. The third-order valence-electron chi connectivity index (χ3n) is 3.61. The van der Waals surface area contributed by atoms with Crippen molar-refractivity contribution in [1.29, 1.82) is 0 Å². The van der Waals surface area contributed by atoms with Crippen molar-refractivity contribution in [2.75, 3.05) is 6.54 Å². The first-order valence-corrected chi connectivity index (χ1v) is 7.82. The fourth-order valence-electron chi connectivity index (χ4n) is 2.60. The number of nitrogens with one attached hydrogen (secondary N) is 1. The number of rotatable bonds is 4. The van der Waals surface area contributed by atoms with Crippen molar-refractivity contribution in [1.82, 2.24) is 19.9 Å². The van der Waals surface area contributed by atoms with E-state index in [0.29, 0.717) is 6.04 Å². The van der Waals surface area contributed by atoms with E-state index in [1.165, 1.54) is 36.3 Å². The van der Waals surface area contributed by atoms with Gasteiger partial charge in [-0.3, -0.25) is 0 Å². The first kappa shape index (κ1) is 12.8. The average Bonchev–Trinajstić information content (AvgIpc) is 3.01. The van der Waals surface area contributed by atoms with E-state index >= 15 is 0 Å². The number of hydrogen-bond donors (Lipinski definition) is 1. The molecule has 1 aliphatic rings. The molecule has 4 nitrogen and oxygen atoms in total. The van der Waals surface area contributed by atoms with Crippen LogP contribution >= 0.6 is 11.3 Å². The predicted octanol–water partition coefficient (Wildman–Crippen LogP) is 2.92. The van der Waals surface area contributed by atoms with Crippen molar-refractivity contribution in [2.45, 2.75) is 38.6 Å². The normalized spacial score (nSPS) is 18.5. The van der Waals surface area contributed by atoms with Gasteiger partial charge in [-0.25, -0.2) is 9.97 Å². The lowest BCUT2D eigenvalue weighted by atomic mass is 9.97. The summed E-state index contributed by atoms with van der Waals surface area (Å²) in [6.07, 6.45) is 8.61. The topological polar surface area (TPSA) is 42.7 Å². The van der Waals surface area contributed by atoms with Crippen molar-refractivity contribution in [3.05, 3.63) is 23.0 Å². The SMILES string of the molecule is CCCNC1CCCc2sc(-c3nccn3C)nc21. The van der Waals surface area contributed by atoms with Crippen molar-refractivity contribution in [3.63, 3.8) is 0 Å². The molecule has 2 heterocycles. The van der Waals surface area contributed by atoms with Crippen LogP contribution in [0.15, 0.2) is 12.4 Å². The Kier molecular flexibility index (Phi) is 3.66. The standard InChI is InChI=1S/C14H20N4S/c1-3-7-15-10-5-4-6-11-12(10)17-14(19-11)13-16-8-9-18(13)2/h8-10,15H,3-7H2,1-2H3. The van der Waals surface area contributed by atoms with Crippen LogP contribution in [-0.4, -0.2) is 21.1 Å². The molecule has 0 aromatic carbocycles. The summed E-state index contributed by atoms with van der Waals surface area (Å²) in [5.74, 6) is 0.980. The minimum Gasteiger partial charge on any atom is -0.332 e. The summed E-state index contributed by atoms with van der Waals surface area (Å²) in [5.41, 5.74) is 1.27. The van der Waals surface area contributed by atoms with E-state index < -0.39 is 0 Å². The molecule has 0 saturated carbocycles. The van der Waals surface area contributed by atoms with Gasteiger partial charge in [-0.2, -0.15) is 0 Å². The van der Waals surface area contributed by atoms with E-state index in [0.717, 1.165) is 17.4 Å². The molecular weight excluding hydrogens is 256 g/mol. The second-order valence-corrected chi connectivity index (χ2v) is 6.17. The van der Waals surface area contributed by atoms with E-state index in [4.69, 9.17) is 4.98 Å². The van der Waals surface area contributed by atoms with Gasteiger partial charge in [-0.05, 0) is 32.2 Å². The lowest BCUT2D eigenvalue weighted by Gasteiger charge is -2.21. The van der Waals surface area contributed by atoms with E-state index in [1.807, 2.05) is 35.3 Å². The molecule has 1 atom stereocenters. The smallest absolute Gasteiger partial charge is 0.168 e. The van der Waals surface area contributed by atoms with Gasteiger partial charge in [0, 0.05) is 24.3 Å². The van der Waals surface area contributed by atoms with Gasteiger partial charge in [0.15, 0.2) is 10.8 Å². The Bertz CT molecular complexity index is 558. The van der Waals surface area contributed by atoms with Gasteiger partial charge >= 0.3 is 0 Å². The zero-order chi connectivity index (χ0) is 13.2. The Balaban J connectivity index is 1.91. The predicted molar refractivity (Wildman–Crippen MR) is 78.3 cm³/mol. The fourth-order valence-corrected chi connectivity index (χ4v) is 3.81. The Morgan fingerprint density at radius 3 is 3.16 bits per heavy atom. The molecule has 1 aliphatic carbocycles. The molecule has 3 rings (SSSR count). The van der Waals surface area contributed by atoms with Crippen LogP contribution < -0.4 is 5.32 Å². The molecule has 0 bridgehead atoms. The minimum absolute atomic E-state index is 0.439. The fraction of sp³-hybridized carbons (Fsp3) is 0.571. The molecule has 0 spiro atoms. The highest BCUT2D eigenvalue weighted by Crippen LogP contribution is 2.36. The van der Waals surface area contributed by atoms with Crippen molar-refractivity contribution < 1.29 is 0 Å². The van der Waals surface area contributed by atoms with Crippen LogP contribution in [0, 0.1) is 0 Å². The van der Waals surface area contributed by atoms with Crippen LogP contribution in [0.5, 0.6) is 0 Å². The van der Waals surface area contributed by atoms with Crippen LogP contribution in [0.2, 0.25) is 0 Å². The summed E-state index contributed by atoms with van der Waals surface area (Å²) in [7, 11) is 2.02. The number of nitrogens with zero attached hydrogens (tertiary/aromatic N) is 3. The largest absolute Gasteiger partial charge is 0.332 e. The third-order valence-corrected chi connectivity index (χ3v) is 4.73. The molecule has 0 aliphatic heterocycles. The van der Waals surface area contributed by atoms with Crippen molar-refractivity contribution >= 4 is 11.3 Å². The monoisotopic (exact) mass is 276 g/mol. The summed E-state index contributed by atoms with van der Waals surface area (Å²) in [6.45, 7) is 3.27. The molecule has 1 N–H and O–H groups in total. The maximum absolute atomic E-state index is 4.86. The van der Waals surface area contributed by atoms with Gasteiger partial charge in [-0.1, -0.05) is 6.92 Å². The quantitative estimate of drug-likeness (QED) is 0.933. The van der Waals surface area contributed by atoms with Gasteiger partial charge in [0.25, 0.3) is 0 Å². The summed E-state index contributed by atoms with van der Waals surface area (Å²) in [6, 6.07) is 0.439. The number of hydrogen-bond acceptors (Lipinski definition) is 4. The average molecular weight is 276 g/mol. The Morgan fingerprint density at radius 2 is 2.42 bits per heavy atom. The molecule has 2 aromatic rings. The van der Waals surface area contributed by atoms with Crippen LogP contribution in [-0.2, 0) is 13.5 Å². The summed E-state index contributed by atoms with van der Waals surface area (Å²) >= 11 is 1.81. The van der Waals surface area contributed by atoms with E-state index in [-0.39, 0.29) is 0 Å². The molecule has 1 unspecified atom stereocenters. The van der Waals surface area contributed by atoms with E-state index in [9.17, 15) is 0 Å². The van der Waals surface area contributed by atoms with Gasteiger partial charge in [0.05, 0.1) is 11.7 Å². The lowest BCUT2D eigenvalue weighted by Crippen LogP contribution is -2.25. The zero-order valence-electron chi connectivity index (χ0n) is 11.5.